The van der Waals surface area contributed by atoms with E-state index < -0.39 is 15.8 Å². The Morgan fingerprint density at radius 1 is 1.20 bits per heavy atom. The minimum absolute atomic E-state index is 0.0505. The van der Waals surface area contributed by atoms with E-state index in [0.29, 0.717) is 17.7 Å². The van der Waals surface area contributed by atoms with Crippen molar-refractivity contribution in [2.75, 3.05) is 6.54 Å². The zero-order valence-electron chi connectivity index (χ0n) is 12.3. The van der Waals surface area contributed by atoms with E-state index in [1.807, 2.05) is 0 Å². The van der Waals surface area contributed by atoms with Gasteiger partial charge >= 0.3 is 0 Å². The summed E-state index contributed by atoms with van der Waals surface area (Å²) in [6.45, 7) is 5.82. The van der Waals surface area contributed by atoms with E-state index >= 15 is 0 Å². The SMILES string of the molecule is Cc1cc(F)cc(C)c1S(=O)(=O)NCC1(C)CCCC1. The summed E-state index contributed by atoms with van der Waals surface area (Å²) in [4.78, 5) is 0.209. The van der Waals surface area contributed by atoms with Crippen LogP contribution in [0.1, 0.15) is 43.7 Å². The molecule has 0 unspecified atom stereocenters. The highest BCUT2D eigenvalue weighted by atomic mass is 32.2. The molecule has 0 spiro atoms. The molecule has 0 atom stereocenters. The van der Waals surface area contributed by atoms with Gasteiger partial charge in [-0.25, -0.2) is 17.5 Å². The van der Waals surface area contributed by atoms with Crippen LogP contribution in [0.25, 0.3) is 0 Å². The van der Waals surface area contributed by atoms with Crippen molar-refractivity contribution >= 4 is 10.0 Å². The number of hydrogen-bond donors (Lipinski definition) is 1. The first-order valence-corrected chi connectivity index (χ1v) is 8.48. The summed E-state index contributed by atoms with van der Waals surface area (Å²) in [5, 5.41) is 0. The molecule has 1 aliphatic rings. The van der Waals surface area contributed by atoms with Crippen LogP contribution in [0.5, 0.6) is 0 Å². The quantitative estimate of drug-likeness (QED) is 0.927. The molecule has 0 amide bonds. The normalized spacial score (nSPS) is 18.4. The summed E-state index contributed by atoms with van der Waals surface area (Å²) >= 11 is 0. The van der Waals surface area contributed by atoms with Gasteiger partial charge in [0.25, 0.3) is 0 Å². The van der Waals surface area contributed by atoms with Gasteiger partial charge in [0.1, 0.15) is 5.82 Å². The molecule has 0 aromatic heterocycles. The fourth-order valence-electron chi connectivity index (χ4n) is 3.07. The van der Waals surface area contributed by atoms with Gasteiger partial charge in [-0.3, -0.25) is 0 Å². The standard InChI is InChI=1S/C15H22FNO2S/c1-11-8-13(16)9-12(2)14(11)20(18,19)17-10-15(3)6-4-5-7-15/h8-9,17H,4-7,10H2,1-3H3. The maximum Gasteiger partial charge on any atom is 0.241 e. The first-order chi connectivity index (χ1) is 9.23. The van der Waals surface area contributed by atoms with Crippen LogP contribution in [0.2, 0.25) is 0 Å². The van der Waals surface area contributed by atoms with Gasteiger partial charge in [-0.1, -0.05) is 19.8 Å². The maximum absolute atomic E-state index is 13.3. The van der Waals surface area contributed by atoms with Crippen LogP contribution >= 0.6 is 0 Å². The minimum atomic E-state index is -3.58. The molecular weight excluding hydrogens is 277 g/mol. The Labute approximate surface area is 120 Å². The Morgan fingerprint density at radius 3 is 2.20 bits per heavy atom. The zero-order valence-corrected chi connectivity index (χ0v) is 13.1. The number of aryl methyl sites for hydroxylation is 2. The number of benzene rings is 1. The molecule has 5 heteroatoms. The molecule has 0 bridgehead atoms. The van der Waals surface area contributed by atoms with Crippen molar-refractivity contribution in [3.63, 3.8) is 0 Å². The number of nitrogens with one attached hydrogen (secondary N) is 1. The van der Waals surface area contributed by atoms with Gasteiger partial charge in [-0.15, -0.1) is 0 Å². The Hall–Kier alpha value is -0.940. The second-order valence-electron chi connectivity index (χ2n) is 6.21. The fraction of sp³-hybridized carbons (Fsp3) is 0.600. The van der Waals surface area contributed by atoms with Gasteiger partial charge in [0.2, 0.25) is 10.0 Å². The molecule has 0 heterocycles. The zero-order chi connectivity index (χ0) is 15.0. The van der Waals surface area contributed by atoms with Crippen LogP contribution in [-0.4, -0.2) is 15.0 Å². The van der Waals surface area contributed by atoms with Gasteiger partial charge in [-0.05, 0) is 55.4 Å². The number of hydrogen-bond acceptors (Lipinski definition) is 2. The van der Waals surface area contributed by atoms with Gasteiger partial charge in [0.15, 0.2) is 0 Å². The summed E-state index contributed by atoms with van der Waals surface area (Å²) < 4.78 is 40.9. The van der Waals surface area contributed by atoms with Crippen molar-refractivity contribution in [2.24, 2.45) is 5.41 Å². The first kappa shape index (κ1) is 15.4. The van der Waals surface area contributed by atoms with Crippen molar-refractivity contribution in [3.8, 4) is 0 Å². The van der Waals surface area contributed by atoms with Crippen LogP contribution in [0.4, 0.5) is 4.39 Å². The van der Waals surface area contributed by atoms with Gasteiger partial charge in [-0.2, -0.15) is 0 Å². The minimum Gasteiger partial charge on any atom is -0.211 e. The van der Waals surface area contributed by atoms with E-state index in [1.54, 1.807) is 13.8 Å². The lowest BCUT2D eigenvalue weighted by molar-refractivity contribution is 0.336. The Kier molecular flexibility index (Phi) is 4.21. The fourth-order valence-corrected chi connectivity index (χ4v) is 4.72. The largest absolute Gasteiger partial charge is 0.241 e. The third-order valence-electron chi connectivity index (χ3n) is 4.19. The Bertz CT molecular complexity index is 581. The second kappa shape index (κ2) is 5.45. The Morgan fingerprint density at radius 2 is 1.70 bits per heavy atom. The third-order valence-corrected chi connectivity index (χ3v) is 5.90. The highest BCUT2D eigenvalue weighted by molar-refractivity contribution is 7.89. The van der Waals surface area contributed by atoms with Gasteiger partial charge in [0, 0.05) is 6.54 Å². The van der Waals surface area contributed by atoms with Gasteiger partial charge < -0.3 is 0 Å². The number of rotatable bonds is 4. The third kappa shape index (κ3) is 3.20. The van der Waals surface area contributed by atoms with Gasteiger partial charge in [0.05, 0.1) is 4.90 Å². The van der Waals surface area contributed by atoms with E-state index in [9.17, 15) is 12.8 Å². The van der Waals surface area contributed by atoms with E-state index in [0.717, 1.165) is 25.7 Å². The van der Waals surface area contributed by atoms with Crippen LogP contribution in [-0.2, 0) is 10.0 Å². The molecule has 0 aliphatic heterocycles. The van der Waals surface area contributed by atoms with E-state index in [1.165, 1.54) is 12.1 Å². The molecule has 0 radical (unpaired) electrons. The summed E-state index contributed by atoms with van der Waals surface area (Å²) in [7, 11) is -3.58. The monoisotopic (exact) mass is 299 g/mol. The molecular formula is C15H22FNO2S. The smallest absolute Gasteiger partial charge is 0.211 e. The molecule has 3 nitrogen and oxygen atoms in total. The molecule has 1 saturated carbocycles. The summed E-state index contributed by atoms with van der Waals surface area (Å²) in [6, 6.07) is 2.53. The molecule has 112 valence electrons. The van der Waals surface area contributed by atoms with E-state index in [2.05, 4.69) is 11.6 Å². The highest BCUT2D eigenvalue weighted by Crippen LogP contribution is 2.37. The predicted molar refractivity (Wildman–Crippen MR) is 77.6 cm³/mol. The highest BCUT2D eigenvalue weighted by Gasteiger charge is 2.31. The van der Waals surface area contributed by atoms with Crippen LogP contribution in [0, 0.1) is 25.1 Å². The molecule has 2 rings (SSSR count). The van der Waals surface area contributed by atoms with Crippen LogP contribution in [0.3, 0.4) is 0 Å². The lowest BCUT2D eigenvalue weighted by Gasteiger charge is -2.24. The lowest BCUT2D eigenvalue weighted by Crippen LogP contribution is -2.34. The van der Waals surface area contributed by atoms with Crippen LogP contribution in [0.15, 0.2) is 17.0 Å². The van der Waals surface area contributed by atoms with Crippen molar-refractivity contribution < 1.29 is 12.8 Å². The molecule has 1 N–H and O–H groups in total. The van der Waals surface area contributed by atoms with E-state index in [4.69, 9.17) is 0 Å². The Balaban J connectivity index is 2.23. The molecule has 0 saturated heterocycles. The summed E-state index contributed by atoms with van der Waals surface area (Å²) in [5.41, 5.74) is 0.952. The van der Waals surface area contributed by atoms with Crippen molar-refractivity contribution in [1.29, 1.82) is 0 Å². The van der Waals surface area contributed by atoms with Crippen molar-refractivity contribution in [2.45, 2.75) is 51.3 Å². The molecule has 1 aromatic carbocycles. The average Bonchev–Trinajstić information content (AvgIpc) is 2.73. The molecule has 20 heavy (non-hydrogen) atoms. The number of halogens is 1. The van der Waals surface area contributed by atoms with Crippen LogP contribution < -0.4 is 4.72 Å². The predicted octanol–water partition coefficient (Wildman–Crippen LogP) is 3.30. The number of sulfonamides is 1. The molecule has 1 aliphatic carbocycles. The first-order valence-electron chi connectivity index (χ1n) is 7.00. The topological polar surface area (TPSA) is 46.2 Å². The average molecular weight is 299 g/mol. The van der Waals surface area contributed by atoms with E-state index in [-0.39, 0.29) is 10.3 Å². The maximum atomic E-state index is 13.3. The molecule has 1 fully saturated rings. The summed E-state index contributed by atoms with van der Waals surface area (Å²) in [5.74, 6) is -0.401. The van der Waals surface area contributed by atoms with Crippen molar-refractivity contribution in [3.05, 3.63) is 29.1 Å². The lowest BCUT2D eigenvalue weighted by atomic mass is 9.89. The summed E-state index contributed by atoms with van der Waals surface area (Å²) in [6.07, 6.45) is 4.42. The molecule has 1 aromatic rings. The second-order valence-corrected chi connectivity index (χ2v) is 7.91. The van der Waals surface area contributed by atoms with Crippen molar-refractivity contribution in [1.82, 2.24) is 4.72 Å².